The summed E-state index contributed by atoms with van der Waals surface area (Å²) in [5.41, 5.74) is 3.71. The molecule has 1 heterocycles. The number of hydrogen-bond donors (Lipinski definition) is 2. The lowest BCUT2D eigenvalue weighted by molar-refractivity contribution is 0.0785. The number of likely N-dealkylation sites (tertiary alicyclic amines) is 1. The van der Waals surface area contributed by atoms with E-state index >= 15 is 0 Å². The lowest BCUT2D eigenvalue weighted by Crippen LogP contribution is -2.30. The van der Waals surface area contributed by atoms with Crippen LogP contribution in [0, 0.1) is 11.8 Å². The number of rotatable bonds is 3. The van der Waals surface area contributed by atoms with Crippen molar-refractivity contribution in [2.24, 2.45) is 17.7 Å². The summed E-state index contributed by atoms with van der Waals surface area (Å²) in [5.74, 6) is 6.63. The maximum absolute atomic E-state index is 12.5. The Morgan fingerprint density at radius 1 is 1.53 bits per heavy atom. The highest BCUT2D eigenvalue weighted by atomic mass is 35.5. The second-order valence-electron chi connectivity index (χ2n) is 5.38. The second-order valence-corrected chi connectivity index (χ2v) is 5.81. The van der Waals surface area contributed by atoms with Crippen molar-refractivity contribution in [2.75, 3.05) is 18.5 Å². The van der Waals surface area contributed by atoms with E-state index in [9.17, 15) is 4.79 Å². The molecule has 0 radical (unpaired) electrons. The molecular formula is C14H20ClN3O. The van der Waals surface area contributed by atoms with Gasteiger partial charge in [-0.15, -0.1) is 0 Å². The lowest BCUT2D eigenvalue weighted by Gasteiger charge is -2.19. The molecule has 104 valence electrons. The Bertz CT molecular complexity index is 476. The van der Waals surface area contributed by atoms with Crippen LogP contribution in [0.3, 0.4) is 0 Å². The summed E-state index contributed by atoms with van der Waals surface area (Å²) in [6.45, 7) is 6.01. The van der Waals surface area contributed by atoms with E-state index < -0.39 is 0 Å². The van der Waals surface area contributed by atoms with Gasteiger partial charge in [-0.3, -0.25) is 10.6 Å². The van der Waals surface area contributed by atoms with E-state index in [4.69, 9.17) is 17.4 Å². The van der Waals surface area contributed by atoms with Crippen LogP contribution in [0.2, 0.25) is 5.02 Å². The quantitative estimate of drug-likeness (QED) is 0.662. The third-order valence-electron chi connectivity index (χ3n) is 3.82. The maximum atomic E-state index is 12.5. The molecule has 0 saturated carbocycles. The predicted molar refractivity (Wildman–Crippen MR) is 78.1 cm³/mol. The fourth-order valence-corrected chi connectivity index (χ4v) is 2.68. The van der Waals surface area contributed by atoms with Gasteiger partial charge < -0.3 is 10.3 Å². The van der Waals surface area contributed by atoms with Gasteiger partial charge in [0.05, 0.1) is 11.3 Å². The SMILES string of the molecule is CC(C)C1CCN(C(=O)c2cc(Cl)ccc2NN)C1. The molecule has 3 N–H and O–H groups in total. The van der Waals surface area contributed by atoms with Gasteiger partial charge in [0, 0.05) is 18.1 Å². The minimum absolute atomic E-state index is 0.00130. The zero-order chi connectivity index (χ0) is 14.0. The van der Waals surface area contributed by atoms with E-state index in [0.717, 1.165) is 19.5 Å². The van der Waals surface area contributed by atoms with Gasteiger partial charge in [-0.05, 0) is 36.5 Å². The molecular weight excluding hydrogens is 262 g/mol. The van der Waals surface area contributed by atoms with Crippen LogP contribution < -0.4 is 11.3 Å². The van der Waals surface area contributed by atoms with Gasteiger partial charge in [0.15, 0.2) is 0 Å². The molecule has 1 aromatic rings. The van der Waals surface area contributed by atoms with Gasteiger partial charge >= 0.3 is 0 Å². The summed E-state index contributed by atoms with van der Waals surface area (Å²) in [7, 11) is 0. The molecule has 1 aromatic carbocycles. The molecule has 1 unspecified atom stereocenters. The number of nitrogen functional groups attached to an aromatic ring is 1. The molecule has 1 fully saturated rings. The first-order valence-corrected chi connectivity index (χ1v) is 6.96. The Balaban J connectivity index is 2.19. The fourth-order valence-electron chi connectivity index (χ4n) is 2.51. The summed E-state index contributed by atoms with van der Waals surface area (Å²) < 4.78 is 0. The number of benzene rings is 1. The fraction of sp³-hybridized carbons (Fsp3) is 0.500. The number of carbonyl (C=O) groups excluding carboxylic acids is 1. The number of halogens is 1. The average Bonchev–Trinajstić information content (AvgIpc) is 2.87. The standard InChI is InChI=1S/C14H20ClN3O/c1-9(2)10-5-6-18(8-10)14(19)12-7-11(15)3-4-13(12)17-16/h3-4,7,9-10,17H,5-6,8,16H2,1-2H3. The van der Waals surface area contributed by atoms with Crippen molar-refractivity contribution in [1.29, 1.82) is 0 Å². The first-order valence-electron chi connectivity index (χ1n) is 6.58. The summed E-state index contributed by atoms with van der Waals surface area (Å²) in [6, 6.07) is 5.11. The summed E-state index contributed by atoms with van der Waals surface area (Å²) >= 11 is 5.96. The molecule has 1 aliphatic heterocycles. The van der Waals surface area contributed by atoms with E-state index in [0.29, 0.717) is 28.1 Å². The minimum Gasteiger partial charge on any atom is -0.338 e. The van der Waals surface area contributed by atoms with Gasteiger partial charge in [0.25, 0.3) is 5.91 Å². The highest BCUT2D eigenvalue weighted by Gasteiger charge is 2.29. The Hall–Kier alpha value is -1.26. The third-order valence-corrected chi connectivity index (χ3v) is 4.06. The zero-order valence-corrected chi connectivity index (χ0v) is 12.1. The Labute approximate surface area is 118 Å². The molecule has 5 heteroatoms. The topological polar surface area (TPSA) is 58.4 Å². The largest absolute Gasteiger partial charge is 0.338 e. The maximum Gasteiger partial charge on any atom is 0.256 e. The van der Waals surface area contributed by atoms with Crippen LogP contribution in [-0.2, 0) is 0 Å². The van der Waals surface area contributed by atoms with Crippen molar-refractivity contribution < 1.29 is 4.79 Å². The van der Waals surface area contributed by atoms with E-state index in [1.807, 2.05) is 4.90 Å². The van der Waals surface area contributed by atoms with Crippen LogP contribution in [0.15, 0.2) is 18.2 Å². The van der Waals surface area contributed by atoms with Crippen LogP contribution in [0.5, 0.6) is 0 Å². The van der Waals surface area contributed by atoms with Gasteiger partial charge in [0.2, 0.25) is 0 Å². The van der Waals surface area contributed by atoms with Crippen molar-refractivity contribution in [2.45, 2.75) is 20.3 Å². The van der Waals surface area contributed by atoms with Gasteiger partial charge in [-0.2, -0.15) is 0 Å². The van der Waals surface area contributed by atoms with Crippen LogP contribution >= 0.6 is 11.6 Å². The summed E-state index contributed by atoms with van der Waals surface area (Å²) in [5, 5.41) is 0.543. The first-order chi connectivity index (χ1) is 9.02. The number of anilines is 1. The molecule has 1 amide bonds. The Morgan fingerprint density at radius 2 is 2.26 bits per heavy atom. The molecule has 2 rings (SSSR count). The number of amides is 1. The highest BCUT2D eigenvalue weighted by molar-refractivity contribution is 6.31. The van der Waals surface area contributed by atoms with Crippen molar-refractivity contribution >= 4 is 23.2 Å². The number of carbonyl (C=O) groups is 1. The lowest BCUT2D eigenvalue weighted by atomic mass is 9.95. The Morgan fingerprint density at radius 3 is 2.84 bits per heavy atom. The minimum atomic E-state index is -0.00130. The van der Waals surface area contributed by atoms with Crippen LogP contribution in [-0.4, -0.2) is 23.9 Å². The molecule has 0 bridgehead atoms. The zero-order valence-electron chi connectivity index (χ0n) is 11.3. The molecule has 1 atom stereocenters. The van der Waals surface area contributed by atoms with Crippen molar-refractivity contribution in [3.05, 3.63) is 28.8 Å². The normalized spacial score (nSPS) is 19.0. The van der Waals surface area contributed by atoms with Crippen LogP contribution in [0.1, 0.15) is 30.6 Å². The molecule has 0 aromatic heterocycles. The first kappa shape index (κ1) is 14.2. The molecule has 1 aliphatic rings. The van der Waals surface area contributed by atoms with Crippen molar-refractivity contribution in [3.8, 4) is 0 Å². The van der Waals surface area contributed by atoms with E-state index in [2.05, 4.69) is 19.3 Å². The van der Waals surface area contributed by atoms with Crippen molar-refractivity contribution in [3.63, 3.8) is 0 Å². The van der Waals surface area contributed by atoms with E-state index in [1.54, 1.807) is 18.2 Å². The Kier molecular flexibility index (Phi) is 4.32. The number of hydrogen-bond acceptors (Lipinski definition) is 3. The highest BCUT2D eigenvalue weighted by Crippen LogP contribution is 2.27. The second kappa shape index (κ2) is 5.80. The molecule has 0 aliphatic carbocycles. The number of nitrogens with zero attached hydrogens (tertiary/aromatic N) is 1. The van der Waals surface area contributed by atoms with Crippen LogP contribution in [0.4, 0.5) is 5.69 Å². The molecule has 4 nitrogen and oxygen atoms in total. The number of nitrogens with two attached hydrogens (primary N) is 1. The van der Waals surface area contributed by atoms with E-state index in [-0.39, 0.29) is 5.91 Å². The van der Waals surface area contributed by atoms with E-state index in [1.165, 1.54) is 0 Å². The summed E-state index contributed by atoms with van der Waals surface area (Å²) in [4.78, 5) is 14.4. The molecule has 19 heavy (non-hydrogen) atoms. The number of hydrazine groups is 1. The monoisotopic (exact) mass is 281 g/mol. The predicted octanol–water partition coefficient (Wildman–Crippen LogP) is 2.74. The smallest absolute Gasteiger partial charge is 0.256 e. The van der Waals surface area contributed by atoms with Crippen molar-refractivity contribution in [1.82, 2.24) is 4.90 Å². The average molecular weight is 282 g/mol. The summed E-state index contributed by atoms with van der Waals surface area (Å²) in [6.07, 6.45) is 1.06. The van der Waals surface area contributed by atoms with Gasteiger partial charge in [-0.25, -0.2) is 0 Å². The third kappa shape index (κ3) is 3.01. The van der Waals surface area contributed by atoms with Gasteiger partial charge in [-0.1, -0.05) is 25.4 Å². The molecule has 1 saturated heterocycles. The molecule has 0 spiro atoms. The van der Waals surface area contributed by atoms with Crippen LogP contribution in [0.25, 0.3) is 0 Å². The van der Waals surface area contributed by atoms with Gasteiger partial charge in [0.1, 0.15) is 0 Å². The number of nitrogens with one attached hydrogen (secondary N) is 1.